The van der Waals surface area contributed by atoms with Gasteiger partial charge in [0.25, 0.3) is 0 Å². The minimum Gasteiger partial charge on any atom is -0.368 e. The Morgan fingerprint density at radius 2 is 0.517 bits per heavy atom. The van der Waals surface area contributed by atoms with E-state index in [0.717, 1.165) is 0 Å². The van der Waals surface area contributed by atoms with Crippen LogP contribution in [0.1, 0.15) is 0 Å². The van der Waals surface area contributed by atoms with E-state index in [1.54, 1.807) is 0 Å². The van der Waals surface area contributed by atoms with Crippen molar-refractivity contribution in [2.75, 3.05) is 0 Å². The van der Waals surface area contributed by atoms with Crippen molar-refractivity contribution in [1.82, 2.24) is 0 Å². The molecule has 0 spiro atoms. The normalized spacial score (nSPS) is 17.0. The maximum absolute atomic E-state index is 10.7. The van der Waals surface area contributed by atoms with Crippen molar-refractivity contribution in [3.05, 3.63) is 0 Å². The van der Waals surface area contributed by atoms with Crippen molar-refractivity contribution in [3.63, 3.8) is 0 Å². The van der Waals surface area contributed by atoms with E-state index in [2.05, 4.69) is 303 Å². The molecule has 0 aromatic rings. The molecule has 0 aromatic carbocycles. The van der Waals surface area contributed by atoms with Gasteiger partial charge in [0.15, 0.2) is 7.52 Å². The summed E-state index contributed by atoms with van der Waals surface area (Å²) in [7, 11) is 0. The molecule has 0 fully saturated rings. The van der Waals surface area contributed by atoms with Crippen LogP contribution in [0.3, 0.4) is 0 Å². The van der Waals surface area contributed by atoms with Crippen molar-refractivity contribution in [2.24, 2.45) is 0 Å². The molecule has 176 valence electrons. The summed E-state index contributed by atoms with van der Waals surface area (Å²) >= 11 is 69.2. The Morgan fingerprint density at radius 1 is 0.310 bits per heavy atom. The van der Waals surface area contributed by atoms with Gasteiger partial charge in [-0.05, 0) is 31.9 Å². The molecule has 0 aliphatic heterocycles. The van der Waals surface area contributed by atoms with Crippen molar-refractivity contribution >= 4 is 303 Å². The van der Waals surface area contributed by atoms with E-state index in [4.69, 9.17) is 0 Å². The van der Waals surface area contributed by atoms with Gasteiger partial charge in [0.1, 0.15) is 17.3 Å². The van der Waals surface area contributed by atoms with Crippen LogP contribution in [0, 0.1) is 0 Å². The van der Waals surface area contributed by atoms with E-state index in [0.29, 0.717) is 0 Å². The zero-order valence-electron chi connectivity index (χ0n) is 12.1. The lowest BCUT2D eigenvalue weighted by Gasteiger charge is -2.59. The SMILES string of the molecule is OC(Br)(Br)C(Br)(Br)C(Br)(Br)C(Br)(Br)C(Br)(Br)C(Br)(Br)C(Br)(C(Br)(Br)Br)C(Br)(Br)Br. The third-order valence-electron chi connectivity index (χ3n) is 3.17. The Hall–Kier alpha value is 9.08. The van der Waals surface area contributed by atoms with E-state index in [9.17, 15) is 5.11 Å². The van der Waals surface area contributed by atoms with E-state index < -0.39 is 28.2 Å². The lowest BCUT2D eigenvalue weighted by Crippen LogP contribution is -2.71. The van der Waals surface area contributed by atoms with E-state index in [-0.39, 0.29) is 0 Å². The van der Waals surface area contributed by atoms with Crippen LogP contribution < -0.4 is 0 Å². The highest BCUT2D eigenvalue weighted by Crippen LogP contribution is 2.79. The van der Waals surface area contributed by atoms with Crippen molar-refractivity contribution in [1.29, 1.82) is 0 Å². The second-order valence-electron chi connectivity index (χ2n) is 5.07. The highest BCUT2D eigenvalue weighted by molar-refractivity contribution is 9.42. The van der Waals surface area contributed by atoms with Gasteiger partial charge in [0.2, 0.25) is 3.42 Å². The maximum atomic E-state index is 10.7. The number of halogens is 19. The number of hydrogen-bond donors (Lipinski definition) is 1. The van der Waals surface area contributed by atoms with Gasteiger partial charge in [0.05, 0.1) is 0 Å². The topological polar surface area (TPSA) is 20.2 Å². The fourth-order valence-electron chi connectivity index (χ4n) is 1.51. The first kappa shape index (κ1) is 38.1. The van der Waals surface area contributed by atoms with E-state index in [1.165, 1.54) is 0 Å². The molecule has 0 aromatic heterocycles. The predicted octanol–water partition coefficient (Wildman–Crippen LogP) is 13.7. The Bertz CT molecular complexity index is 589. The summed E-state index contributed by atoms with van der Waals surface area (Å²) < 4.78 is -10.3. The van der Waals surface area contributed by atoms with Gasteiger partial charge in [-0.25, -0.2) is 0 Å². The van der Waals surface area contributed by atoms with Crippen LogP contribution in [0.15, 0.2) is 0 Å². The summed E-state index contributed by atoms with van der Waals surface area (Å²) in [4.78, 5) is 0. The fourth-order valence-corrected chi connectivity index (χ4v) is 22.3. The van der Waals surface area contributed by atoms with Crippen molar-refractivity contribution < 1.29 is 5.11 Å². The molecule has 1 nitrogen and oxygen atoms in total. The molecule has 0 saturated carbocycles. The second kappa shape index (κ2) is 12.1. The Balaban J connectivity index is 7.04. The average molecular weight is 1640 g/mol. The van der Waals surface area contributed by atoms with Crippen molar-refractivity contribution in [2.45, 2.75) is 28.2 Å². The number of aliphatic hydroxyl groups is 1. The quantitative estimate of drug-likeness (QED) is 0.263. The second-order valence-corrected chi connectivity index (χ2v) is 40.4. The van der Waals surface area contributed by atoms with Gasteiger partial charge < -0.3 is 5.11 Å². The third-order valence-corrected chi connectivity index (χ3v) is 36.5. The molecule has 29 heavy (non-hydrogen) atoms. The molecule has 0 aliphatic carbocycles. The molecular weight excluding hydrogens is 1640 g/mol. The van der Waals surface area contributed by atoms with Gasteiger partial charge in [-0.2, -0.15) is 0 Å². The largest absolute Gasteiger partial charge is 0.368 e. The van der Waals surface area contributed by atoms with Gasteiger partial charge in [0, 0.05) is 0 Å². The summed E-state index contributed by atoms with van der Waals surface area (Å²) in [5.41, 5.74) is 0. The van der Waals surface area contributed by atoms with E-state index >= 15 is 0 Å². The summed E-state index contributed by atoms with van der Waals surface area (Å²) in [6.45, 7) is 0. The van der Waals surface area contributed by atoms with Crippen LogP contribution in [0.2, 0.25) is 0 Å². The summed E-state index contributed by atoms with van der Waals surface area (Å²) in [6, 6.07) is 0. The first-order valence-electron chi connectivity index (χ1n) is 5.81. The van der Waals surface area contributed by atoms with Gasteiger partial charge in [-0.1, -0.05) is 271 Å². The van der Waals surface area contributed by atoms with Gasteiger partial charge >= 0.3 is 0 Å². The molecular formula is C9HBr19O. The molecule has 0 heterocycles. The molecule has 0 saturated heterocycles. The molecule has 0 radical (unpaired) electrons. The molecule has 0 atom stereocenters. The molecule has 0 rings (SSSR count). The summed E-state index contributed by atoms with van der Waals surface area (Å²) in [5, 5.41) is 10.7. The minimum atomic E-state index is -1.61. The first-order chi connectivity index (χ1) is 12.0. The Labute approximate surface area is 328 Å². The number of rotatable bonds is 6. The monoisotopic (exact) mass is 1620 g/mol. The van der Waals surface area contributed by atoms with Crippen LogP contribution in [-0.2, 0) is 0 Å². The zero-order chi connectivity index (χ0) is 24.5. The average Bonchev–Trinajstić information content (AvgIpc) is 2.41. The summed E-state index contributed by atoms with van der Waals surface area (Å²) in [5.74, 6) is 0. The number of alkyl halides is 19. The summed E-state index contributed by atoms with van der Waals surface area (Å²) in [6.07, 6.45) is 0. The van der Waals surface area contributed by atoms with Crippen LogP contribution in [-0.4, -0.2) is 33.3 Å². The molecule has 0 amide bonds. The standard InChI is InChI=1S/C9HBr19O/c10-1(7(21,22)23,8(24,25)26)2(11,12)3(13,14)4(15,16)5(17,18)6(19,20)9(27,28)29/h29H. The van der Waals surface area contributed by atoms with Crippen LogP contribution >= 0.6 is 303 Å². The van der Waals surface area contributed by atoms with Crippen molar-refractivity contribution in [3.8, 4) is 0 Å². The Kier molecular flexibility index (Phi) is 15.9. The lowest BCUT2D eigenvalue weighted by molar-refractivity contribution is 0.228. The van der Waals surface area contributed by atoms with Crippen LogP contribution in [0.4, 0.5) is 0 Å². The smallest absolute Gasteiger partial charge is 0.202 e. The maximum Gasteiger partial charge on any atom is 0.202 e. The molecule has 0 aliphatic rings. The molecule has 20 heteroatoms. The molecule has 0 bridgehead atoms. The third kappa shape index (κ3) is 6.94. The van der Waals surface area contributed by atoms with Crippen LogP contribution in [0.5, 0.6) is 0 Å². The fraction of sp³-hybridized carbons (Fsp3) is 1.00. The lowest BCUT2D eigenvalue weighted by atomic mass is 10.0. The predicted molar refractivity (Wildman–Crippen MR) is 196 cm³/mol. The minimum absolute atomic E-state index is 0.918. The highest BCUT2D eigenvalue weighted by Gasteiger charge is 2.80. The zero-order valence-corrected chi connectivity index (χ0v) is 42.3. The van der Waals surface area contributed by atoms with Gasteiger partial charge in [-0.3, -0.25) is 0 Å². The molecule has 1 N–H and O–H groups in total. The van der Waals surface area contributed by atoms with Gasteiger partial charge in [-0.15, -0.1) is 0 Å². The molecule has 0 unspecified atom stereocenters. The number of hydrogen-bond acceptors (Lipinski definition) is 1. The van der Waals surface area contributed by atoms with Crippen LogP contribution in [0.25, 0.3) is 0 Å². The van der Waals surface area contributed by atoms with E-state index in [1.807, 2.05) is 0 Å². The first-order valence-corrected chi connectivity index (χ1v) is 20.9. The Morgan fingerprint density at radius 3 is 0.724 bits per heavy atom. The highest BCUT2D eigenvalue weighted by atomic mass is 80.0.